The van der Waals surface area contributed by atoms with Crippen LogP contribution < -0.4 is 14.3 Å². The molecular formula is C20H29N5O6S. The molecule has 1 heterocycles. The van der Waals surface area contributed by atoms with Gasteiger partial charge in [0.15, 0.2) is 0 Å². The molecule has 12 heteroatoms. The predicted octanol–water partition coefficient (Wildman–Crippen LogP) is 2.31. The topological polar surface area (TPSA) is 132 Å². The molecule has 1 aromatic heterocycles. The molecular weight excluding hydrogens is 438 g/mol. The molecule has 0 fully saturated rings. The summed E-state index contributed by atoms with van der Waals surface area (Å²) in [5, 5.41) is 6.55. The lowest BCUT2D eigenvalue weighted by Crippen LogP contribution is -2.46. The molecule has 1 aromatic carbocycles. The fourth-order valence-electron chi connectivity index (χ4n) is 2.57. The Morgan fingerprint density at radius 3 is 2.44 bits per heavy atom. The monoisotopic (exact) mass is 467 g/mol. The van der Waals surface area contributed by atoms with Gasteiger partial charge in [0.25, 0.3) is 0 Å². The fourth-order valence-corrected chi connectivity index (χ4v) is 3.68. The molecule has 2 rings (SSSR count). The summed E-state index contributed by atoms with van der Waals surface area (Å²) in [6.45, 7) is 5.14. The molecule has 0 radical (unpaired) electrons. The number of ether oxygens (including phenoxy) is 2. The fraction of sp³-hybridized carbons (Fsp3) is 0.450. The van der Waals surface area contributed by atoms with Crippen molar-refractivity contribution in [3.63, 3.8) is 0 Å². The summed E-state index contributed by atoms with van der Waals surface area (Å²) >= 11 is 0. The van der Waals surface area contributed by atoms with E-state index in [1.807, 2.05) is 35.1 Å². The number of nitrogens with one attached hydrogen (secondary N) is 2. The number of hydrogen-bond acceptors (Lipinski definition) is 7. The molecule has 0 atom stereocenters. The van der Waals surface area contributed by atoms with E-state index in [0.29, 0.717) is 0 Å². The van der Waals surface area contributed by atoms with Crippen LogP contribution in [0.5, 0.6) is 0 Å². The number of alkyl carbamates (subject to hydrolysis) is 1. The van der Waals surface area contributed by atoms with Crippen molar-refractivity contribution in [2.75, 3.05) is 17.4 Å². The van der Waals surface area contributed by atoms with Crippen LogP contribution in [-0.2, 0) is 33.3 Å². The van der Waals surface area contributed by atoms with Gasteiger partial charge in [-0.15, -0.1) is 0 Å². The standard InChI is InChI=1S/C20H29N5O6S/c1-20(2,3)31-19(27)23-32(28,29)25(17-13-22-24(4)14-17)12-8-11-21-18(26)30-15-16-9-6-5-7-10-16/h5-7,9-10,13-14H,8,11-12,15H2,1-4H3,(H,21,26)(H,23,27). The summed E-state index contributed by atoms with van der Waals surface area (Å²) in [5.74, 6) is 0. The van der Waals surface area contributed by atoms with Crippen molar-refractivity contribution in [3.05, 3.63) is 48.3 Å². The minimum Gasteiger partial charge on any atom is -0.445 e. The second-order valence-corrected chi connectivity index (χ2v) is 9.49. The van der Waals surface area contributed by atoms with Crippen molar-refractivity contribution in [1.29, 1.82) is 0 Å². The SMILES string of the molecule is Cn1cc(N(CCCNC(=O)OCc2ccccc2)S(=O)(=O)NC(=O)OC(C)(C)C)cn1. The van der Waals surface area contributed by atoms with E-state index in [-0.39, 0.29) is 31.8 Å². The highest BCUT2D eigenvalue weighted by molar-refractivity contribution is 7.91. The van der Waals surface area contributed by atoms with Gasteiger partial charge in [0, 0.05) is 26.3 Å². The first-order chi connectivity index (χ1) is 15.0. The Bertz CT molecular complexity index is 1000. The van der Waals surface area contributed by atoms with Crippen LogP contribution in [0.1, 0.15) is 32.8 Å². The lowest BCUT2D eigenvalue weighted by atomic mass is 10.2. The van der Waals surface area contributed by atoms with Gasteiger partial charge in [0.1, 0.15) is 12.2 Å². The largest absolute Gasteiger partial charge is 0.445 e. The maximum Gasteiger partial charge on any atom is 0.422 e. The lowest BCUT2D eigenvalue weighted by molar-refractivity contribution is 0.0570. The van der Waals surface area contributed by atoms with Gasteiger partial charge in [-0.3, -0.25) is 8.99 Å². The van der Waals surface area contributed by atoms with Crippen molar-refractivity contribution >= 4 is 28.1 Å². The predicted molar refractivity (Wildman–Crippen MR) is 118 cm³/mol. The Labute approximate surface area is 187 Å². The van der Waals surface area contributed by atoms with Crippen LogP contribution in [-0.4, -0.2) is 49.1 Å². The molecule has 0 saturated carbocycles. The van der Waals surface area contributed by atoms with Gasteiger partial charge in [-0.2, -0.15) is 13.5 Å². The normalized spacial score (nSPS) is 11.5. The molecule has 0 aliphatic heterocycles. The third kappa shape index (κ3) is 8.46. The number of hydrogen-bond donors (Lipinski definition) is 2. The van der Waals surface area contributed by atoms with E-state index in [1.54, 1.807) is 27.8 Å². The zero-order valence-corrected chi connectivity index (χ0v) is 19.4. The second kappa shape index (κ2) is 10.8. The van der Waals surface area contributed by atoms with E-state index < -0.39 is 28.0 Å². The minimum absolute atomic E-state index is 0.0250. The number of carbonyl (C=O) groups excluding carboxylic acids is 2. The van der Waals surface area contributed by atoms with Gasteiger partial charge in [0.2, 0.25) is 0 Å². The molecule has 0 unspecified atom stereocenters. The summed E-state index contributed by atoms with van der Waals surface area (Å²) in [6, 6.07) is 9.22. The van der Waals surface area contributed by atoms with Crippen molar-refractivity contribution in [2.45, 2.75) is 39.4 Å². The van der Waals surface area contributed by atoms with E-state index in [2.05, 4.69) is 10.4 Å². The molecule has 11 nitrogen and oxygen atoms in total. The van der Waals surface area contributed by atoms with Crippen LogP contribution >= 0.6 is 0 Å². The molecule has 0 aliphatic rings. The summed E-state index contributed by atoms with van der Waals surface area (Å²) in [7, 11) is -2.63. The summed E-state index contributed by atoms with van der Waals surface area (Å²) in [4.78, 5) is 23.8. The van der Waals surface area contributed by atoms with Crippen LogP contribution in [0.2, 0.25) is 0 Å². The highest BCUT2D eigenvalue weighted by atomic mass is 32.2. The van der Waals surface area contributed by atoms with Gasteiger partial charge in [0.05, 0.1) is 11.9 Å². The molecule has 0 spiro atoms. The van der Waals surface area contributed by atoms with Gasteiger partial charge < -0.3 is 14.8 Å². The molecule has 2 aromatic rings. The van der Waals surface area contributed by atoms with Gasteiger partial charge in [-0.05, 0) is 32.8 Å². The number of carbonyl (C=O) groups is 2. The first-order valence-electron chi connectivity index (χ1n) is 9.93. The number of nitrogens with zero attached hydrogens (tertiary/aromatic N) is 3. The average molecular weight is 468 g/mol. The summed E-state index contributed by atoms with van der Waals surface area (Å²) < 4.78 is 40.1. The molecule has 0 saturated heterocycles. The van der Waals surface area contributed by atoms with Crippen LogP contribution in [0.15, 0.2) is 42.7 Å². The van der Waals surface area contributed by atoms with Gasteiger partial charge in [-0.25, -0.2) is 14.3 Å². The number of rotatable bonds is 9. The summed E-state index contributed by atoms with van der Waals surface area (Å²) in [5.41, 5.74) is 0.253. The molecule has 32 heavy (non-hydrogen) atoms. The van der Waals surface area contributed by atoms with E-state index >= 15 is 0 Å². The third-order valence-corrected chi connectivity index (χ3v) is 5.30. The van der Waals surface area contributed by atoms with Crippen molar-refractivity contribution < 1.29 is 27.5 Å². The minimum atomic E-state index is -4.27. The molecule has 0 aliphatic carbocycles. The third-order valence-electron chi connectivity index (χ3n) is 3.90. The van der Waals surface area contributed by atoms with Crippen LogP contribution in [0.3, 0.4) is 0 Å². The Kier molecular flexibility index (Phi) is 8.47. The van der Waals surface area contributed by atoms with Crippen LogP contribution in [0.4, 0.5) is 15.3 Å². The molecule has 2 amide bonds. The first kappa shape index (κ1) is 25.0. The first-order valence-corrected chi connectivity index (χ1v) is 11.4. The zero-order chi connectivity index (χ0) is 23.8. The average Bonchev–Trinajstić information content (AvgIpc) is 3.10. The maximum absolute atomic E-state index is 12.8. The number of aromatic nitrogens is 2. The Morgan fingerprint density at radius 1 is 1.16 bits per heavy atom. The number of aryl methyl sites for hydroxylation is 1. The van der Waals surface area contributed by atoms with Crippen LogP contribution in [0.25, 0.3) is 0 Å². The quantitative estimate of drug-likeness (QED) is 0.541. The summed E-state index contributed by atoms with van der Waals surface area (Å²) in [6.07, 6.45) is 1.40. The second-order valence-electron chi connectivity index (χ2n) is 7.90. The maximum atomic E-state index is 12.8. The molecule has 2 N–H and O–H groups in total. The smallest absolute Gasteiger partial charge is 0.422 e. The number of amides is 2. The van der Waals surface area contributed by atoms with Gasteiger partial charge in [-0.1, -0.05) is 30.3 Å². The lowest BCUT2D eigenvalue weighted by Gasteiger charge is -2.25. The van der Waals surface area contributed by atoms with Crippen molar-refractivity contribution in [2.24, 2.45) is 7.05 Å². The number of benzene rings is 1. The van der Waals surface area contributed by atoms with E-state index in [0.717, 1.165) is 9.87 Å². The number of anilines is 1. The highest BCUT2D eigenvalue weighted by Crippen LogP contribution is 2.17. The molecule has 0 bridgehead atoms. The Morgan fingerprint density at radius 2 is 1.84 bits per heavy atom. The molecule has 176 valence electrons. The van der Waals surface area contributed by atoms with Crippen LogP contribution in [0, 0.1) is 0 Å². The van der Waals surface area contributed by atoms with Crippen molar-refractivity contribution in [1.82, 2.24) is 19.8 Å². The Hall–Kier alpha value is -3.28. The van der Waals surface area contributed by atoms with Gasteiger partial charge >= 0.3 is 22.4 Å². The van der Waals surface area contributed by atoms with E-state index in [1.165, 1.54) is 17.1 Å². The van der Waals surface area contributed by atoms with Crippen molar-refractivity contribution in [3.8, 4) is 0 Å². The Balaban J connectivity index is 1.92. The van der Waals surface area contributed by atoms with E-state index in [9.17, 15) is 18.0 Å². The zero-order valence-electron chi connectivity index (χ0n) is 18.6. The van der Waals surface area contributed by atoms with E-state index in [4.69, 9.17) is 9.47 Å². The highest BCUT2D eigenvalue weighted by Gasteiger charge is 2.28.